The Kier molecular flexibility index (Phi) is 4.39. The third kappa shape index (κ3) is 3.18. The second kappa shape index (κ2) is 6.27. The predicted molar refractivity (Wildman–Crippen MR) is 87.3 cm³/mol. The van der Waals surface area contributed by atoms with Crippen LogP contribution < -0.4 is 10.1 Å². The Morgan fingerprint density at radius 3 is 2.71 bits per heavy atom. The monoisotopic (exact) mass is 321 g/mol. The standard InChI is InChI=1S/C17H17Cl2NO/c1-11(12-5-3-2-4-6-12)20-16-7-8-21-17-14(16)9-13(18)10-15(17)19/h2-6,9-11,16,20H,7-8H2,1H3/t11-,16?/m1/s1. The molecule has 0 saturated carbocycles. The van der Waals surface area contributed by atoms with E-state index in [2.05, 4.69) is 36.5 Å². The first kappa shape index (κ1) is 14.7. The van der Waals surface area contributed by atoms with Crippen LogP contribution in [0.4, 0.5) is 0 Å². The molecule has 2 aromatic carbocycles. The lowest BCUT2D eigenvalue weighted by molar-refractivity contribution is 0.246. The third-order valence-corrected chi connectivity index (χ3v) is 4.32. The zero-order valence-electron chi connectivity index (χ0n) is 11.8. The van der Waals surface area contributed by atoms with E-state index in [4.69, 9.17) is 27.9 Å². The fourth-order valence-electron chi connectivity index (χ4n) is 2.74. The molecule has 1 unspecified atom stereocenters. The van der Waals surface area contributed by atoms with Crippen molar-refractivity contribution in [2.45, 2.75) is 25.4 Å². The molecule has 1 heterocycles. The molecule has 0 bridgehead atoms. The molecule has 2 atom stereocenters. The molecule has 1 aliphatic heterocycles. The van der Waals surface area contributed by atoms with E-state index >= 15 is 0 Å². The maximum Gasteiger partial charge on any atom is 0.142 e. The highest BCUT2D eigenvalue weighted by Crippen LogP contribution is 2.40. The van der Waals surface area contributed by atoms with Gasteiger partial charge in [-0.3, -0.25) is 0 Å². The Morgan fingerprint density at radius 1 is 1.19 bits per heavy atom. The molecule has 0 amide bonds. The first-order valence-electron chi connectivity index (χ1n) is 7.08. The molecule has 2 aromatic rings. The topological polar surface area (TPSA) is 21.3 Å². The van der Waals surface area contributed by atoms with Gasteiger partial charge in [0.05, 0.1) is 11.6 Å². The number of nitrogens with one attached hydrogen (secondary N) is 1. The van der Waals surface area contributed by atoms with Crippen molar-refractivity contribution in [3.63, 3.8) is 0 Å². The fourth-order valence-corrected chi connectivity index (χ4v) is 3.30. The van der Waals surface area contributed by atoms with E-state index in [-0.39, 0.29) is 12.1 Å². The van der Waals surface area contributed by atoms with Crippen LogP contribution in [0.5, 0.6) is 5.75 Å². The van der Waals surface area contributed by atoms with E-state index in [1.807, 2.05) is 12.1 Å². The maximum atomic E-state index is 6.23. The summed E-state index contributed by atoms with van der Waals surface area (Å²) in [5, 5.41) is 4.87. The molecule has 1 N–H and O–H groups in total. The Labute approximate surface area is 135 Å². The van der Waals surface area contributed by atoms with Crippen LogP contribution in [-0.2, 0) is 0 Å². The van der Waals surface area contributed by atoms with Gasteiger partial charge in [-0.1, -0.05) is 53.5 Å². The number of halogens is 2. The molecular formula is C17H17Cl2NO. The number of benzene rings is 2. The molecule has 3 rings (SSSR count). The van der Waals surface area contributed by atoms with Gasteiger partial charge in [-0.05, 0) is 24.6 Å². The summed E-state index contributed by atoms with van der Waals surface area (Å²) in [6, 6.07) is 14.5. The van der Waals surface area contributed by atoms with Crippen LogP contribution in [0, 0.1) is 0 Å². The Bertz CT molecular complexity index is 630. The smallest absolute Gasteiger partial charge is 0.142 e. The van der Waals surface area contributed by atoms with Gasteiger partial charge in [-0.2, -0.15) is 0 Å². The molecule has 0 spiro atoms. The average Bonchev–Trinajstić information content (AvgIpc) is 2.49. The van der Waals surface area contributed by atoms with Crippen LogP contribution in [0.2, 0.25) is 10.0 Å². The van der Waals surface area contributed by atoms with Crippen LogP contribution >= 0.6 is 23.2 Å². The van der Waals surface area contributed by atoms with Crippen molar-refractivity contribution in [1.29, 1.82) is 0 Å². The third-order valence-electron chi connectivity index (χ3n) is 3.82. The van der Waals surface area contributed by atoms with Crippen LogP contribution in [0.3, 0.4) is 0 Å². The summed E-state index contributed by atoms with van der Waals surface area (Å²) in [4.78, 5) is 0. The minimum Gasteiger partial charge on any atom is -0.492 e. The average molecular weight is 322 g/mol. The van der Waals surface area contributed by atoms with E-state index in [1.165, 1.54) is 5.56 Å². The number of hydrogen-bond acceptors (Lipinski definition) is 2. The highest BCUT2D eigenvalue weighted by atomic mass is 35.5. The Morgan fingerprint density at radius 2 is 1.95 bits per heavy atom. The molecule has 0 radical (unpaired) electrons. The highest BCUT2D eigenvalue weighted by Gasteiger charge is 2.25. The molecule has 21 heavy (non-hydrogen) atoms. The van der Waals surface area contributed by atoms with Crippen molar-refractivity contribution in [3.05, 3.63) is 63.6 Å². The summed E-state index contributed by atoms with van der Waals surface area (Å²) in [6.07, 6.45) is 0.904. The summed E-state index contributed by atoms with van der Waals surface area (Å²) in [6.45, 7) is 2.82. The quantitative estimate of drug-likeness (QED) is 0.842. The largest absolute Gasteiger partial charge is 0.492 e. The van der Waals surface area contributed by atoms with Gasteiger partial charge in [0.1, 0.15) is 5.75 Å². The van der Waals surface area contributed by atoms with Gasteiger partial charge in [-0.25, -0.2) is 0 Å². The second-order valence-corrected chi connectivity index (χ2v) is 6.14. The van der Waals surface area contributed by atoms with Crippen molar-refractivity contribution in [2.24, 2.45) is 0 Å². The first-order valence-corrected chi connectivity index (χ1v) is 7.83. The predicted octanol–water partition coefficient (Wildman–Crippen LogP) is 5.17. The molecule has 1 aliphatic rings. The Balaban J connectivity index is 1.85. The van der Waals surface area contributed by atoms with Gasteiger partial charge in [0, 0.05) is 29.1 Å². The highest BCUT2D eigenvalue weighted by molar-refractivity contribution is 6.35. The van der Waals surface area contributed by atoms with Gasteiger partial charge in [0.15, 0.2) is 0 Å². The zero-order valence-corrected chi connectivity index (χ0v) is 13.3. The summed E-state index contributed by atoms with van der Waals surface area (Å²) >= 11 is 12.4. The van der Waals surface area contributed by atoms with E-state index in [1.54, 1.807) is 6.07 Å². The molecular weight excluding hydrogens is 305 g/mol. The van der Waals surface area contributed by atoms with Crippen molar-refractivity contribution in [1.82, 2.24) is 5.32 Å². The lowest BCUT2D eigenvalue weighted by atomic mass is 9.98. The molecule has 0 saturated heterocycles. The number of fused-ring (bicyclic) bond motifs is 1. The fraction of sp³-hybridized carbons (Fsp3) is 0.294. The van der Waals surface area contributed by atoms with Crippen molar-refractivity contribution < 1.29 is 4.74 Å². The first-order chi connectivity index (χ1) is 10.1. The van der Waals surface area contributed by atoms with E-state index in [9.17, 15) is 0 Å². The summed E-state index contributed by atoms with van der Waals surface area (Å²) in [7, 11) is 0. The van der Waals surface area contributed by atoms with Gasteiger partial charge in [0.2, 0.25) is 0 Å². The van der Waals surface area contributed by atoms with Crippen molar-refractivity contribution >= 4 is 23.2 Å². The lowest BCUT2D eigenvalue weighted by Crippen LogP contribution is -2.29. The summed E-state index contributed by atoms with van der Waals surface area (Å²) < 4.78 is 5.70. The van der Waals surface area contributed by atoms with Crippen LogP contribution in [0.15, 0.2) is 42.5 Å². The van der Waals surface area contributed by atoms with Gasteiger partial charge in [0.25, 0.3) is 0 Å². The maximum absolute atomic E-state index is 6.23. The molecule has 4 heteroatoms. The number of rotatable bonds is 3. The molecule has 2 nitrogen and oxygen atoms in total. The minimum atomic E-state index is 0.195. The van der Waals surface area contributed by atoms with Gasteiger partial charge >= 0.3 is 0 Å². The van der Waals surface area contributed by atoms with E-state index in [0.717, 1.165) is 17.7 Å². The molecule has 0 aromatic heterocycles. The summed E-state index contributed by atoms with van der Waals surface area (Å²) in [5.74, 6) is 0.755. The zero-order chi connectivity index (χ0) is 14.8. The minimum absolute atomic E-state index is 0.195. The number of ether oxygens (including phenoxy) is 1. The lowest BCUT2D eigenvalue weighted by Gasteiger charge is -2.30. The van der Waals surface area contributed by atoms with Crippen LogP contribution in [0.25, 0.3) is 0 Å². The van der Waals surface area contributed by atoms with Crippen LogP contribution in [0.1, 0.15) is 36.6 Å². The molecule has 110 valence electrons. The SMILES string of the molecule is C[C@@H](NC1CCOc2c(Cl)cc(Cl)cc21)c1ccccc1. The Hall–Kier alpha value is -1.22. The second-order valence-electron chi connectivity index (χ2n) is 5.29. The molecule has 0 aliphatic carbocycles. The van der Waals surface area contributed by atoms with Gasteiger partial charge < -0.3 is 10.1 Å². The molecule has 0 fully saturated rings. The van der Waals surface area contributed by atoms with Crippen LogP contribution in [-0.4, -0.2) is 6.61 Å². The normalized spacial score (nSPS) is 18.7. The van der Waals surface area contributed by atoms with E-state index in [0.29, 0.717) is 16.7 Å². The van der Waals surface area contributed by atoms with Crippen molar-refractivity contribution in [2.75, 3.05) is 6.61 Å². The van der Waals surface area contributed by atoms with E-state index < -0.39 is 0 Å². The van der Waals surface area contributed by atoms with Gasteiger partial charge in [-0.15, -0.1) is 0 Å². The van der Waals surface area contributed by atoms with Crippen molar-refractivity contribution in [3.8, 4) is 5.75 Å². The number of hydrogen-bond donors (Lipinski definition) is 1. The summed E-state index contributed by atoms with van der Waals surface area (Å²) in [5.41, 5.74) is 2.31.